The number of para-hydroxylation sites is 2. The Morgan fingerprint density at radius 3 is 2.71 bits per heavy atom. The van der Waals surface area contributed by atoms with Crippen LogP contribution in [-0.2, 0) is 5.88 Å². The van der Waals surface area contributed by atoms with Crippen LogP contribution in [0.3, 0.4) is 0 Å². The van der Waals surface area contributed by atoms with Crippen LogP contribution in [0.25, 0.3) is 0 Å². The van der Waals surface area contributed by atoms with Gasteiger partial charge in [-0.2, -0.15) is 0 Å². The maximum absolute atomic E-state index is 11.7. The van der Waals surface area contributed by atoms with Crippen LogP contribution in [0.2, 0.25) is 0 Å². The largest absolute Gasteiger partial charge is 0.506 e. The Balaban J connectivity index is 2.14. The van der Waals surface area contributed by atoms with E-state index in [4.69, 9.17) is 16.0 Å². The Morgan fingerprint density at radius 1 is 1.29 bits per heavy atom. The summed E-state index contributed by atoms with van der Waals surface area (Å²) in [5.41, 5.74) is 0.335. The Morgan fingerprint density at radius 2 is 2.06 bits per heavy atom. The molecule has 0 aliphatic rings. The van der Waals surface area contributed by atoms with E-state index in [2.05, 4.69) is 5.32 Å². The molecule has 1 aromatic heterocycles. The van der Waals surface area contributed by atoms with Crippen molar-refractivity contribution in [2.75, 3.05) is 5.32 Å². The zero-order valence-corrected chi connectivity index (χ0v) is 9.57. The van der Waals surface area contributed by atoms with Crippen molar-refractivity contribution < 1.29 is 14.3 Å². The Hall–Kier alpha value is -1.94. The maximum atomic E-state index is 11.7. The van der Waals surface area contributed by atoms with Gasteiger partial charge in [0.25, 0.3) is 5.91 Å². The normalized spacial score (nSPS) is 10.2. The number of benzene rings is 1. The van der Waals surface area contributed by atoms with E-state index >= 15 is 0 Å². The predicted octanol–water partition coefficient (Wildman–Crippen LogP) is 2.98. The molecule has 0 aliphatic heterocycles. The summed E-state index contributed by atoms with van der Waals surface area (Å²) in [6, 6.07) is 9.63. The number of hydrogen-bond acceptors (Lipinski definition) is 3. The second-order valence-corrected chi connectivity index (χ2v) is 3.64. The molecule has 2 aromatic rings. The van der Waals surface area contributed by atoms with Gasteiger partial charge < -0.3 is 14.8 Å². The van der Waals surface area contributed by atoms with Crippen molar-refractivity contribution >= 4 is 23.2 Å². The van der Waals surface area contributed by atoms with Crippen molar-refractivity contribution in [1.82, 2.24) is 0 Å². The Kier molecular flexibility index (Phi) is 3.35. The van der Waals surface area contributed by atoms with Crippen LogP contribution in [0, 0.1) is 0 Å². The third-order valence-electron chi connectivity index (χ3n) is 2.17. The average molecular weight is 252 g/mol. The van der Waals surface area contributed by atoms with Crippen LogP contribution in [0.5, 0.6) is 5.75 Å². The summed E-state index contributed by atoms with van der Waals surface area (Å²) in [4.78, 5) is 11.7. The number of carbonyl (C=O) groups is 1. The molecule has 0 fully saturated rings. The van der Waals surface area contributed by atoms with Gasteiger partial charge in [0, 0.05) is 0 Å². The number of anilines is 1. The van der Waals surface area contributed by atoms with E-state index in [1.165, 1.54) is 12.1 Å². The number of nitrogens with one attached hydrogen (secondary N) is 1. The molecule has 17 heavy (non-hydrogen) atoms. The first kappa shape index (κ1) is 11.5. The molecule has 0 unspecified atom stereocenters. The molecule has 1 heterocycles. The van der Waals surface area contributed by atoms with Crippen molar-refractivity contribution in [3.05, 3.63) is 47.9 Å². The highest BCUT2D eigenvalue weighted by molar-refractivity contribution is 6.16. The standard InChI is InChI=1S/C12H10ClNO3/c13-7-8-5-6-11(17-8)12(16)14-9-3-1-2-4-10(9)15/h1-6,15H,7H2,(H,14,16). The molecule has 5 heteroatoms. The molecule has 2 N–H and O–H groups in total. The lowest BCUT2D eigenvalue weighted by Crippen LogP contribution is -2.10. The second kappa shape index (κ2) is 4.93. The zero-order valence-electron chi connectivity index (χ0n) is 8.81. The lowest BCUT2D eigenvalue weighted by Gasteiger charge is -2.04. The molecular weight excluding hydrogens is 242 g/mol. The number of hydrogen-bond donors (Lipinski definition) is 2. The summed E-state index contributed by atoms with van der Waals surface area (Å²) in [7, 11) is 0. The molecule has 4 nitrogen and oxygen atoms in total. The first-order valence-corrected chi connectivity index (χ1v) is 5.48. The SMILES string of the molecule is O=C(Nc1ccccc1O)c1ccc(CCl)o1. The summed E-state index contributed by atoms with van der Waals surface area (Å²) >= 11 is 5.56. The van der Waals surface area contributed by atoms with E-state index in [1.807, 2.05) is 0 Å². The Bertz CT molecular complexity index is 536. The van der Waals surface area contributed by atoms with Crippen LogP contribution < -0.4 is 5.32 Å². The van der Waals surface area contributed by atoms with Crippen molar-refractivity contribution in [2.45, 2.75) is 5.88 Å². The zero-order chi connectivity index (χ0) is 12.3. The smallest absolute Gasteiger partial charge is 0.291 e. The first-order valence-electron chi connectivity index (χ1n) is 4.94. The van der Waals surface area contributed by atoms with Crippen molar-refractivity contribution in [3.63, 3.8) is 0 Å². The quantitative estimate of drug-likeness (QED) is 0.651. The van der Waals surface area contributed by atoms with Crippen molar-refractivity contribution in [1.29, 1.82) is 0 Å². The summed E-state index contributed by atoms with van der Waals surface area (Å²) < 4.78 is 5.18. The van der Waals surface area contributed by atoms with Crippen LogP contribution in [0.1, 0.15) is 16.3 Å². The molecule has 0 bridgehead atoms. The number of rotatable bonds is 3. The van der Waals surface area contributed by atoms with Gasteiger partial charge in [-0.3, -0.25) is 4.79 Å². The average Bonchev–Trinajstić information content (AvgIpc) is 2.81. The molecule has 0 spiro atoms. The van der Waals surface area contributed by atoms with E-state index in [1.54, 1.807) is 24.3 Å². The van der Waals surface area contributed by atoms with Gasteiger partial charge in [0.2, 0.25) is 0 Å². The Labute approximate surface area is 103 Å². The number of amides is 1. The molecule has 1 aromatic carbocycles. The summed E-state index contributed by atoms with van der Waals surface area (Å²) in [5.74, 6) is 0.468. The minimum Gasteiger partial charge on any atom is -0.506 e. The van der Waals surface area contributed by atoms with Crippen molar-refractivity contribution in [3.8, 4) is 5.75 Å². The van der Waals surface area contributed by atoms with Gasteiger partial charge >= 0.3 is 0 Å². The molecule has 0 aliphatic carbocycles. The molecular formula is C12H10ClNO3. The lowest BCUT2D eigenvalue weighted by molar-refractivity contribution is 0.0995. The highest BCUT2D eigenvalue weighted by atomic mass is 35.5. The second-order valence-electron chi connectivity index (χ2n) is 3.37. The lowest BCUT2D eigenvalue weighted by atomic mass is 10.3. The molecule has 1 amide bonds. The maximum Gasteiger partial charge on any atom is 0.291 e. The fraction of sp³-hybridized carbons (Fsp3) is 0.0833. The molecule has 0 saturated heterocycles. The minimum atomic E-state index is -0.428. The molecule has 0 saturated carbocycles. The van der Waals surface area contributed by atoms with E-state index in [-0.39, 0.29) is 17.4 Å². The number of phenolic OH excluding ortho intramolecular Hbond substituents is 1. The number of alkyl halides is 1. The number of phenols is 1. The van der Waals surface area contributed by atoms with Gasteiger partial charge in [-0.1, -0.05) is 12.1 Å². The molecule has 88 valence electrons. The van der Waals surface area contributed by atoms with E-state index in [0.717, 1.165) is 0 Å². The predicted molar refractivity (Wildman–Crippen MR) is 64.3 cm³/mol. The fourth-order valence-electron chi connectivity index (χ4n) is 1.34. The van der Waals surface area contributed by atoms with E-state index < -0.39 is 5.91 Å². The topological polar surface area (TPSA) is 62.5 Å². The summed E-state index contributed by atoms with van der Waals surface area (Å²) in [6.07, 6.45) is 0. The molecule has 0 radical (unpaired) electrons. The van der Waals surface area contributed by atoms with Gasteiger partial charge in [-0.05, 0) is 24.3 Å². The minimum absolute atomic E-state index is 0.00460. The third-order valence-corrected chi connectivity index (χ3v) is 2.43. The highest BCUT2D eigenvalue weighted by Gasteiger charge is 2.12. The van der Waals surface area contributed by atoms with E-state index in [9.17, 15) is 9.90 Å². The van der Waals surface area contributed by atoms with E-state index in [0.29, 0.717) is 11.4 Å². The van der Waals surface area contributed by atoms with Gasteiger partial charge in [0.05, 0.1) is 11.6 Å². The van der Waals surface area contributed by atoms with Crippen molar-refractivity contribution in [2.24, 2.45) is 0 Å². The number of halogens is 1. The number of furan rings is 1. The summed E-state index contributed by atoms with van der Waals surface area (Å²) in [6.45, 7) is 0. The monoisotopic (exact) mass is 251 g/mol. The fourth-order valence-corrected chi connectivity index (χ4v) is 1.48. The van der Waals surface area contributed by atoms with Crippen LogP contribution >= 0.6 is 11.6 Å². The van der Waals surface area contributed by atoms with Gasteiger partial charge in [-0.15, -0.1) is 11.6 Å². The van der Waals surface area contributed by atoms with Gasteiger partial charge in [-0.25, -0.2) is 0 Å². The third kappa shape index (κ3) is 2.60. The van der Waals surface area contributed by atoms with Gasteiger partial charge in [0.1, 0.15) is 11.5 Å². The molecule has 2 rings (SSSR count). The summed E-state index contributed by atoms with van der Waals surface area (Å²) in [5, 5.41) is 12.0. The van der Waals surface area contributed by atoms with Crippen LogP contribution in [0.4, 0.5) is 5.69 Å². The highest BCUT2D eigenvalue weighted by Crippen LogP contribution is 2.22. The molecule has 0 atom stereocenters. The van der Waals surface area contributed by atoms with Gasteiger partial charge in [0.15, 0.2) is 5.76 Å². The first-order chi connectivity index (χ1) is 8.20. The number of aromatic hydroxyl groups is 1. The van der Waals surface area contributed by atoms with Crippen LogP contribution in [0.15, 0.2) is 40.8 Å². The van der Waals surface area contributed by atoms with Crippen LogP contribution in [-0.4, -0.2) is 11.0 Å². The number of carbonyl (C=O) groups excluding carboxylic acids is 1.